The number of aliphatic imine (C=N–C) groups is 1. The number of carbonyl (C=O) groups excluding carboxylic acids is 1. The van der Waals surface area contributed by atoms with Crippen molar-refractivity contribution in [1.29, 1.82) is 0 Å². The predicted octanol–water partition coefficient (Wildman–Crippen LogP) is 0.0925. The number of benzene rings is 1. The molecule has 1 atom stereocenters. The zero-order chi connectivity index (χ0) is 27.9. The van der Waals surface area contributed by atoms with E-state index in [1.54, 1.807) is 41.2 Å². The molecule has 1 aliphatic carbocycles. The Balaban J connectivity index is 1.49. The van der Waals surface area contributed by atoms with Crippen LogP contribution in [0.1, 0.15) is 30.3 Å². The van der Waals surface area contributed by atoms with Gasteiger partial charge in [0.05, 0.1) is 6.54 Å². The molecular weight excluding hydrogens is 527 g/mol. The summed E-state index contributed by atoms with van der Waals surface area (Å²) in [5.41, 5.74) is 13.8. The van der Waals surface area contributed by atoms with Crippen LogP contribution in [0.3, 0.4) is 0 Å². The van der Waals surface area contributed by atoms with E-state index in [0.29, 0.717) is 22.3 Å². The van der Waals surface area contributed by atoms with Crippen molar-refractivity contribution in [3.05, 3.63) is 71.2 Å². The van der Waals surface area contributed by atoms with Crippen LogP contribution in [0.15, 0.2) is 59.1 Å². The van der Waals surface area contributed by atoms with Crippen molar-refractivity contribution in [3.8, 4) is 0 Å². The number of nitrogens with two attached hydrogens (primary N) is 2. The molecular formula is C24H29FN10O3S. The molecule has 6 N–H and O–H groups in total. The van der Waals surface area contributed by atoms with Gasteiger partial charge >= 0.3 is 10.2 Å². The van der Waals surface area contributed by atoms with Crippen LogP contribution in [0, 0.1) is 5.82 Å². The van der Waals surface area contributed by atoms with E-state index in [1.807, 2.05) is 0 Å². The number of amides is 1. The van der Waals surface area contributed by atoms with E-state index < -0.39 is 28.8 Å². The fraction of sp³-hybridized carbons (Fsp3) is 0.333. The number of carbonyl (C=O) groups is 1. The number of rotatable bonds is 9. The van der Waals surface area contributed by atoms with E-state index in [2.05, 4.69) is 25.7 Å². The molecule has 5 rings (SSSR count). The molecule has 0 spiro atoms. The van der Waals surface area contributed by atoms with Gasteiger partial charge in [0.25, 0.3) is 0 Å². The third-order valence-corrected chi connectivity index (χ3v) is 8.14. The highest BCUT2D eigenvalue weighted by Gasteiger charge is 2.37. The highest BCUT2D eigenvalue weighted by Crippen LogP contribution is 2.29. The summed E-state index contributed by atoms with van der Waals surface area (Å²) in [4.78, 5) is 21.5. The molecule has 1 aromatic carbocycles. The van der Waals surface area contributed by atoms with Gasteiger partial charge in [-0.2, -0.15) is 17.8 Å². The second-order valence-electron chi connectivity index (χ2n) is 9.47. The third-order valence-electron chi connectivity index (χ3n) is 6.35. The first kappa shape index (κ1) is 26.4. The van der Waals surface area contributed by atoms with Crippen LogP contribution in [0.25, 0.3) is 11.0 Å². The fourth-order valence-corrected chi connectivity index (χ4v) is 5.31. The average molecular weight is 557 g/mol. The highest BCUT2D eigenvalue weighted by atomic mass is 32.2. The monoisotopic (exact) mass is 556 g/mol. The molecule has 39 heavy (non-hydrogen) atoms. The van der Waals surface area contributed by atoms with Crippen LogP contribution >= 0.6 is 0 Å². The van der Waals surface area contributed by atoms with Crippen molar-refractivity contribution < 1.29 is 17.6 Å². The van der Waals surface area contributed by atoms with Gasteiger partial charge in [-0.1, -0.05) is 18.2 Å². The number of aromatic nitrogens is 3. The van der Waals surface area contributed by atoms with E-state index in [1.165, 1.54) is 20.2 Å². The lowest BCUT2D eigenvalue weighted by molar-refractivity contribution is -0.121. The van der Waals surface area contributed by atoms with Gasteiger partial charge in [0.15, 0.2) is 11.8 Å². The van der Waals surface area contributed by atoms with Gasteiger partial charge in [-0.05, 0) is 31.0 Å². The summed E-state index contributed by atoms with van der Waals surface area (Å²) in [6, 6.07) is 9.92. The summed E-state index contributed by atoms with van der Waals surface area (Å²) in [6.45, 7) is -0.409. The van der Waals surface area contributed by atoms with Crippen molar-refractivity contribution >= 4 is 33.0 Å². The maximum absolute atomic E-state index is 14.4. The molecule has 1 amide bonds. The van der Waals surface area contributed by atoms with E-state index in [0.717, 1.165) is 21.5 Å². The molecule has 0 bridgehead atoms. The highest BCUT2D eigenvalue weighted by molar-refractivity contribution is 7.86. The molecule has 0 radical (unpaired) electrons. The maximum atomic E-state index is 14.4. The van der Waals surface area contributed by atoms with Crippen LogP contribution in [0.5, 0.6) is 0 Å². The van der Waals surface area contributed by atoms with E-state index >= 15 is 0 Å². The summed E-state index contributed by atoms with van der Waals surface area (Å²) in [5.74, 6) is -1.15. The van der Waals surface area contributed by atoms with Crippen LogP contribution in [0.2, 0.25) is 0 Å². The van der Waals surface area contributed by atoms with E-state index in [9.17, 15) is 17.6 Å². The van der Waals surface area contributed by atoms with Gasteiger partial charge in [-0.3, -0.25) is 4.79 Å². The smallest absolute Gasteiger partial charge is 0.304 e. The standard InChI is InChI=1S/C24H29FN10O3S/c1-33(2)39(37,38)35(13-18(36)29-15-9-10-15)20-21(26)30-23(31-22(20)27)19-16-7-5-11-28-24(16)34(32-19)12-14-6-3-4-8-17(14)25/h3-8,11,15,23,30H,9-10,12-13,26H2,1-2H3,(H2,27,31)(H,29,36). The molecule has 2 aromatic heterocycles. The average Bonchev–Trinajstić information content (AvgIpc) is 3.63. The molecule has 1 unspecified atom stereocenters. The Morgan fingerprint density at radius 3 is 2.62 bits per heavy atom. The van der Waals surface area contributed by atoms with Crippen molar-refractivity contribution in [2.45, 2.75) is 31.6 Å². The Hall–Kier alpha value is -4.24. The van der Waals surface area contributed by atoms with Crippen molar-refractivity contribution in [2.24, 2.45) is 16.5 Å². The number of hydrogen-bond donors (Lipinski definition) is 4. The molecule has 3 heterocycles. The first-order valence-electron chi connectivity index (χ1n) is 12.2. The summed E-state index contributed by atoms with van der Waals surface area (Å²) in [6.07, 6.45) is 2.39. The molecule has 1 aliphatic heterocycles. The minimum absolute atomic E-state index is 0.0361. The maximum Gasteiger partial charge on any atom is 0.304 e. The van der Waals surface area contributed by atoms with Crippen LogP contribution in [-0.4, -0.2) is 70.2 Å². The lowest BCUT2D eigenvalue weighted by atomic mass is 10.2. The van der Waals surface area contributed by atoms with Gasteiger partial charge in [-0.25, -0.2) is 23.4 Å². The second kappa shape index (κ2) is 10.1. The summed E-state index contributed by atoms with van der Waals surface area (Å²) in [7, 11) is -1.49. The summed E-state index contributed by atoms with van der Waals surface area (Å²) < 4.78 is 44.1. The number of halogens is 1. The quantitative estimate of drug-likeness (QED) is 0.287. The van der Waals surface area contributed by atoms with Crippen LogP contribution in [-0.2, 0) is 21.5 Å². The molecule has 13 nitrogen and oxygen atoms in total. The molecule has 1 fully saturated rings. The lowest BCUT2D eigenvalue weighted by Gasteiger charge is -2.32. The Morgan fingerprint density at radius 2 is 1.95 bits per heavy atom. The van der Waals surface area contributed by atoms with Crippen molar-refractivity contribution in [3.63, 3.8) is 0 Å². The minimum Gasteiger partial charge on any atom is -0.384 e. The van der Waals surface area contributed by atoms with Crippen LogP contribution in [0.4, 0.5) is 4.39 Å². The Morgan fingerprint density at radius 1 is 1.21 bits per heavy atom. The Kier molecular flexibility index (Phi) is 6.86. The van der Waals surface area contributed by atoms with Crippen molar-refractivity contribution in [2.75, 3.05) is 20.6 Å². The van der Waals surface area contributed by atoms with E-state index in [4.69, 9.17) is 11.5 Å². The largest absolute Gasteiger partial charge is 0.384 e. The predicted molar refractivity (Wildman–Crippen MR) is 142 cm³/mol. The van der Waals surface area contributed by atoms with Gasteiger partial charge in [0, 0.05) is 37.3 Å². The SMILES string of the molecule is CN(C)S(=O)(=O)N(CC(=O)NC1CC1)C1=C(N)NC(c2nn(Cc3ccccc3F)c3ncccc23)N=C1N. The molecule has 15 heteroatoms. The zero-order valence-electron chi connectivity index (χ0n) is 21.4. The first-order chi connectivity index (χ1) is 18.6. The van der Waals surface area contributed by atoms with Gasteiger partial charge < -0.3 is 22.1 Å². The molecule has 0 saturated heterocycles. The number of hydrogen-bond acceptors (Lipinski definition) is 9. The fourth-order valence-electron chi connectivity index (χ4n) is 4.22. The van der Waals surface area contributed by atoms with Gasteiger partial charge in [-0.15, -0.1) is 0 Å². The van der Waals surface area contributed by atoms with Gasteiger partial charge in [0.2, 0.25) is 5.91 Å². The number of fused-ring (bicyclic) bond motifs is 1. The topological polar surface area (TPSA) is 177 Å². The number of pyridine rings is 1. The molecule has 206 valence electrons. The first-order valence-corrected chi connectivity index (χ1v) is 13.6. The molecule has 1 saturated carbocycles. The summed E-state index contributed by atoms with van der Waals surface area (Å²) >= 11 is 0. The normalized spacial score (nSPS) is 17.7. The molecule has 2 aliphatic rings. The van der Waals surface area contributed by atoms with Gasteiger partial charge in [0.1, 0.15) is 35.4 Å². The number of nitrogens with zero attached hydrogens (tertiary/aromatic N) is 6. The number of amidine groups is 1. The lowest BCUT2D eigenvalue weighted by Crippen LogP contribution is -2.51. The zero-order valence-corrected chi connectivity index (χ0v) is 22.2. The Labute approximate surface area is 224 Å². The summed E-state index contributed by atoms with van der Waals surface area (Å²) in [5, 5.41) is 11.0. The molecule has 3 aromatic rings. The van der Waals surface area contributed by atoms with E-state index in [-0.39, 0.29) is 35.8 Å². The third kappa shape index (κ3) is 5.22. The second-order valence-corrected chi connectivity index (χ2v) is 11.5. The number of nitrogens with one attached hydrogen (secondary N) is 2. The van der Waals surface area contributed by atoms with Crippen molar-refractivity contribution in [1.82, 2.24) is 34.0 Å². The van der Waals surface area contributed by atoms with Crippen LogP contribution < -0.4 is 22.1 Å². The minimum atomic E-state index is -4.16. The Bertz CT molecular complexity index is 1600.